The Bertz CT molecular complexity index is 320. The molecule has 3 unspecified atom stereocenters. The van der Waals surface area contributed by atoms with Crippen LogP contribution in [-0.2, 0) is 0 Å². The number of hydrogen-bond donors (Lipinski definition) is 1. The van der Waals surface area contributed by atoms with Gasteiger partial charge in [-0.2, -0.15) is 0 Å². The lowest BCUT2D eigenvalue weighted by Crippen LogP contribution is -2.30. The molecule has 102 valence electrons. The summed E-state index contributed by atoms with van der Waals surface area (Å²) in [5.41, 5.74) is 0. The van der Waals surface area contributed by atoms with Crippen LogP contribution >= 0.6 is 0 Å². The molecule has 0 aliphatic heterocycles. The minimum Gasteiger partial charge on any atom is -0.468 e. The first-order valence-corrected chi connectivity index (χ1v) is 7.59. The fourth-order valence-electron chi connectivity index (χ4n) is 3.22. The molecule has 1 aliphatic carbocycles. The van der Waals surface area contributed by atoms with E-state index in [1.807, 2.05) is 6.07 Å². The van der Waals surface area contributed by atoms with Crippen molar-refractivity contribution < 1.29 is 4.42 Å². The summed E-state index contributed by atoms with van der Waals surface area (Å²) in [6.07, 6.45) is 11.4. The van der Waals surface area contributed by atoms with Crippen molar-refractivity contribution in [2.24, 2.45) is 5.92 Å². The van der Waals surface area contributed by atoms with E-state index in [-0.39, 0.29) is 0 Å². The molecular formula is C16H27NO. The number of nitrogens with one attached hydrogen (secondary N) is 1. The van der Waals surface area contributed by atoms with E-state index < -0.39 is 0 Å². The SMILES string of the molecule is CCCC1CCCC(NC(C)c2ccco2)CC1. The smallest absolute Gasteiger partial charge is 0.120 e. The Balaban J connectivity index is 1.79. The summed E-state index contributed by atoms with van der Waals surface area (Å²) < 4.78 is 5.47. The molecule has 1 saturated carbocycles. The average molecular weight is 249 g/mol. The van der Waals surface area contributed by atoms with Gasteiger partial charge in [0.1, 0.15) is 5.76 Å². The lowest BCUT2D eigenvalue weighted by atomic mass is 9.95. The highest BCUT2D eigenvalue weighted by molar-refractivity contribution is 5.03. The predicted molar refractivity (Wildman–Crippen MR) is 75.5 cm³/mol. The number of hydrogen-bond acceptors (Lipinski definition) is 2. The minimum atomic E-state index is 0.340. The summed E-state index contributed by atoms with van der Waals surface area (Å²) in [5.74, 6) is 2.03. The van der Waals surface area contributed by atoms with Crippen molar-refractivity contribution in [3.8, 4) is 0 Å². The molecule has 0 spiro atoms. The molecule has 3 atom stereocenters. The summed E-state index contributed by atoms with van der Waals surface area (Å²) in [6, 6.07) is 5.05. The van der Waals surface area contributed by atoms with E-state index in [4.69, 9.17) is 4.42 Å². The van der Waals surface area contributed by atoms with Crippen LogP contribution in [0.15, 0.2) is 22.8 Å². The van der Waals surface area contributed by atoms with Crippen molar-refractivity contribution in [1.82, 2.24) is 5.32 Å². The van der Waals surface area contributed by atoms with Gasteiger partial charge in [-0.25, -0.2) is 0 Å². The summed E-state index contributed by atoms with van der Waals surface area (Å²) in [7, 11) is 0. The topological polar surface area (TPSA) is 25.2 Å². The molecular weight excluding hydrogens is 222 g/mol. The monoisotopic (exact) mass is 249 g/mol. The van der Waals surface area contributed by atoms with E-state index in [9.17, 15) is 0 Å². The first-order valence-electron chi connectivity index (χ1n) is 7.59. The predicted octanol–water partition coefficient (Wildman–Crippen LogP) is 4.68. The molecule has 1 fully saturated rings. The Labute approximate surface area is 111 Å². The Morgan fingerprint density at radius 2 is 2.22 bits per heavy atom. The van der Waals surface area contributed by atoms with Crippen LogP contribution in [0.5, 0.6) is 0 Å². The van der Waals surface area contributed by atoms with Gasteiger partial charge < -0.3 is 9.73 Å². The van der Waals surface area contributed by atoms with E-state index in [0.717, 1.165) is 11.7 Å². The quantitative estimate of drug-likeness (QED) is 0.766. The van der Waals surface area contributed by atoms with Crippen LogP contribution in [0.3, 0.4) is 0 Å². The highest BCUT2D eigenvalue weighted by Crippen LogP contribution is 2.28. The number of furan rings is 1. The normalized spacial score (nSPS) is 26.8. The zero-order valence-electron chi connectivity index (χ0n) is 11.8. The van der Waals surface area contributed by atoms with Crippen molar-refractivity contribution in [2.75, 3.05) is 0 Å². The van der Waals surface area contributed by atoms with Crippen LogP contribution in [0.25, 0.3) is 0 Å². The molecule has 2 rings (SSSR count). The highest BCUT2D eigenvalue weighted by atomic mass is 16.3. The van der Waals surface area contributed by atoms with Gasteiger partial charge in [0.2, 0.25) is 0 Å². The lowest BCUT2D eigenvalue weighted by Gasteiger charge is -2.21. The molecule has 0 saturated heterocycles. The fourth-order valence-corrected chi connectivity index (χ4v) is 3.22. The standard InChI is InChI=1S/C16H27NO/c1-3-6-14-7-4-8-15(11-10-14)17-13(2)16-9-5-12-18-16/h5,9,12-15,17H,3-4,6-8,10-11H2,1-2H3. The molecule has 2 heteroatoms. The van der Waals surface area contributed by atoms with Crippen molar-refractivity contribution in [2.45, 2.75) is 70.9 Å². The second kappa shape index (κ2) is 6.98. The van der Waals surface area contributed by atoms with E-state index in [1.54, 1.807) is 6.26 Å². The third-order valence-electron chi connectivity index (χ3n) is 4.24. The summed E-state index contributed by atoms with van der Waals surface area (Å²) >= 11 is 0. The molecule has 1 heterocycles. The van der Waals surface area contributed by atoms with Gasteiger partial charge >= 0.3 is 0 Å². The Morgan fingerprint density at radius 1 is 1.33 bits per heavy atom. The van der Waals surface area contributed by atoms with Gasteiger partial charge in [-0.05, 0) is 44.2 Å². The van der Waals surface area contributed by atoms with Crippen molar-refractivity contribution in [3.05, 3.63) is 24.2 Å². The van der Waals surface area contributed by atoms with Gasteiger partial charge in [0.25, 0.3) is 0 Å². The molecule has 1 aliphatic rings. The molecule has 1 N–H and O–H groups in total. The molecule has 2 nitrogen and oxygen atoms in total. The molecule has 1 aromatic heterocycles. The van der Waals surface area contributed by atoms with E-state index in [1.165, 1.54) is 44.9 Å². The fraction of sp³-hybridized carbons (Fsp3) is 0.750. The van der Waals surface area contributed by atoms with Gasteiger partial charge in [-0.15, -0.1) is 0 Å². The first-order chi connectivity index (χ1) is 8.79. The van der Waals surface area contributed by atoms with Crippen LogP contribution in [0.1, 0.15) is 70.6 Å². The van der Waals surface area contributed by atoms with Gasteiger partial charge in [0.05, 0.1) is 12.3 Å². The molecule has 1 aromatic rings. The maximum Gasteiger partial charge on any atom is 0.120 e. The minimum absolute atomic E-state index is 0.340. The van der Waals surface area contributed by atoms with Crippen LogP contribution in [-0.4, -0.2) is 6.04 Å². The molecule has 0 radical (unpaired) electrons. The van der Waals surface area contributed by atoms with Crippen molar-refractivity contribution >= 4 is 0 Å². The molecule has 18 heavy (non-hydrogen) atoms. The number of rotatable bonds is 5. The van der Waals surface area contributed by atoms with Gasteiger partial charge in [-0.1, -0.05) is 32.6 Å². The summed E-state index contributed by atoms with van der Waals surface area (Å²) in [4.78, 5) is 0. The highest BCUT2D eigenvalue weighted by Gasteiger charge is 2.20. The maximum atomic E-state index is 5.47. The maximum absolute atomic E-state index is 5.47. The van der Waals surface area contributed by atoms with Gasteiger partial charge in [-0.3, -0.25) is 0 Å². The third kappa shape index (κ3) is 3.88. The largest absolute Gasteiger partial charge is 0.468 e. The zero-order valence-corrected chi connectivity index (χ0v) is 11.8. The van der Waals surface area contributed by atoms with Crippen LogP contribution < -0.4 is 5.32 Å². The summed E-state index contributed by atoms with van der Waals surface area (Å²) in [6.45, 7) is 4.51. The third-order valence-corrected chi connectivity index (χ3v) is 4.24. The molecule has 0 bridgehead atoms. The summed E-state index contributed by atoms with van der Waals surface area (Å²) in [5, 5.41) is 3.73. The van der Waals surface area contributed by atoms with Gasteiger partial charge in [0.15, 0.2) is 0 Å². The second-order valence-electron chi connectivity index (χ2n) is 5.76. The van der Waals surface area contributed by atoms with Crippen LogP contribution in [0, 0.1) is 5.92 Å². The van der Waals surface area contributed by atoms with Crippen molar-refractivity contribution in [3.63, 3.8) is 0 Å². The van der Waals surface area contributed by atoms with Crippen LogP contribution in [0.2, 0.25) is 0 Å². The van der Waals surface area contributed by atoms with E-state index in [2.05, 4.69) is 25.2 Å². The average Bonchev–Trinajstić information content (AvgIpc) is 2.81. The Morgan fingerprint density at radius 3 is 2.94 bits per heavy atom. The Kier molecular flexibility index (Phi) is 5.30. The molecule has 0 aromatic carbocycles. The van der Waals surface area contributed by atoms with E-state index >= 15 is 0 Å². The lowest BCUT2D eigenvalue weighted by molar-refractivity contribution is 0.359. The second-order valence-corrected chi connectivity index (χ2v) is 5.76. The van der Waals surface area contributed by atoms with E-state index in [0.29, 0.717) is 12.1 Å². The zero-order chi connectivity index (χ0) is 12.8. The molecule has 0 amide bonds. The first kappa shape index (κ1) is 13.7. The van der Waals surface area contributed by atoms with Crippen molar-refractivity contribution in [1.29, 1.82) is 0 Å². The van der Waals surface area contributed by atoms with Gasteiger partial charge in [0, 0.05) is 6.04 Å². The van der Waals surface area contributed by atoms with Crippen LogP contribution in [0.4, 0.5) is 0 Å². The Hall–Kier alpha value is -0.760.